The first kappa shape index (κ1) is 15.9. The highest BCUT2D eigenvalue weighted by molar-refractivity contribution is 6.29. The summed E-state index contributed by atoms with van der Waals surface area (Å²) < 4.78 is 14.1. The van der Waals surface area contributed by atoms with Crippen LogP contribution in [-0.2, 0) is 0 Å². The van der Waals surface area contributed by atoms with E-state index >= 15 is 0 Å². The average molecular weight is 323 g/mol. The number of aromatic nitrogens is 1. The van der Waals surface area contributed by atoms with Gasteiger partial charge < -0.3 is 10.4 Å². The van der Waals surface area contributed by atoms with Gasteiger partial charge in [-0.05, 0) is 30.7 Å². The quantitative estimate of drug-likeness (QED) is 0.848. The molecular weight excluding hydrogens is 311 g/mol. The smallest absolute Gasteiger partial charge is 0.336 e. The first-order chi connectivity index (χ1) is 10.4. The van der Waals surface area contributed by atoms with E-state index in [4.69, 9.17) is 11.6 Å². The number of amides is 1. The van der Waals surface area contributed by atoms with Crippen LogP contribution >= 0.6 is 11.6 Å². The van der Waals surface area contributed by atoms with E-state index in [9.17, 15) is 19.1 Å². The van der Waals surface area contributed by atoms with Crippen LogP contribution in [0.3, 0.4) is 0 Å². The van der Waals surface area contributed by atoms with Gasteiger partial charge in [-0.1, -0.05) is 17.7 Å². The van der Waals surface area contributed by atoms with E-state index in [-0.39, 0.29) is 21.8 Å². The molecule has 2 aromatic rings. The summed E-state index contributed by atoms with van der Waals surface area (Å²) in [4.78, 5) is 26.7. The van der Waals surface area contributed by atoms with E-state index in [0.717, 1.165) is 6.07 Å². The van der Waals surface area contributed by atoms with Gasteiger partial charge in [0.15, 0.2) is 0 Å². The predicted octanol–water partition coefficient (Wildman–Crippen LogP) is 2.99. The molecule has 5 nitrogen and oxygen atoms in total. The third kappa shape index (κ3) is 3.23. The minimum atomic E-state index is -1.20. The lowest BCUT2D eigenvalue weighted by molar-refractivity contribution is 0.0697. The summed E-state index contributed by atoms with van der Waals surface area (Å²) in [5, 5.41) is 11.7. The molecule has 0 atom stereocenters. The molecule has 7 heteroatoms. The second-order valence-electron chi connectivity index (χ2n) is 4.41. The van der Waals surface area contributed by atoms with E-state index in [1.165, 1.54) is 24.4 Å². The molecule has 2 rings (SSSR count). The van der Waals surface area contributed by atoms with Crippen molar-refractivity contribution in [1.82, 2.24) is 10.3 Å². The molecule has 0 aliphatic heterocycles. The lowest BCUT2D eigenvalue weighted by Crippen LogP contribution is -2.23. The highest BCUT2D eigenvalue weighted by Crippen LogP contribution is 2.26. The molecule has 0 saturated carbocycles. The van der Waals surface area contributed by atoms with Gasteiger partial charge in [-0.15, -0.1) is 0 Å². The van der Waals surface area contributed by atoms with Crippen LogP contribution in [0.15, 0.2) is 30.5 Å². The van der Waals surface area contributed by atoms with Crippen LogP contribution in [0, 0.1) is 5.82 Å². The van der Waals surface area contributed by atoms with Crippen LogP contribution in [0.1, 0.15) is 27.6 Å². The molecule has 2 N–H and O–H groups in total. The predicted molar refractivity (Wildman–Crippen MR) is 79.6 cm³/mol. The Hall–Kier alpha value is -2.47. The van der Waals surface area contributed by atoms with Crippen LogP contribution in [0.4, 0.5) is 4.39 Å². The molecule has 0 aliphatic rings. The first-order valence-corrected chi connectivity index (χ1v) is 6.78. The van der Waals surface area contributed by atoms with Gasteiger partial charge in [-0.2, -0.15) is 0 Å². The first-order valence-electron chi connectivity index (χ1n) is 6.41. The zero-order valence-electron chi connectivity index (χ0n) is 11.6. The summed E-state index contributed by atoms with van der Waals surface area (Å²) in [5.41, 5.74) is 0.319. The van der Waals surface area contributed by atoms with Crippen molar-refractivity contribution in [2.45, 2.75) is 6.92 Å². The number of aromatic carboxylic acids is 1. The van der Waals surface area contributed by atoms with Gasteiger partial charge in [-0.3, -0.25) is 4.79 Å². The maximum Gasteiger partial charge on any atom is 0.336 e. The summed E-state index contributed by atoms with van der Waals surface area (Å²) in [6.07, 6.45) is 1.26. The van der Waals surface area contributed by atoms with Gasteiger partial charge in [0.2, 0.25) is 0 Å². The van der Waals surface area contributed by atoms with Crippen molar-refractivity contribution in [3.8, 4) is 11.1 Å². The number of carbonyl (C=O) groups excluding carboxylic acids is 1. The number of nitrogens with zero attached hydrogens (tertiary/aromatic N) is 1. The fourth-order valence-corrected chi connectivity index (χ4v) is 2.12. The molecule has 0 radical (unpaired) electrons. The maximum absolute atomic E-state index is 14.1. The van der Waals surface area contributed by atoms with Crippen LogP contribution in [-0.4, -0.2) is 28.5 Å². The Bertz CT molecular complexity index is 750. The Kier molecular flexibility index (Phi) is 4.72. The molecule has 1 aromatic carbocycles. The van der Waals surface area contributed by atoms with Crippen LogP contribution in [0.5, 0.6) is 0 Å². The monoisotopic (exact) mass is 322 g/mol. The number of benzene rings is 1. The van der Waals surface area contributed by atoms with Gasteiger partial charge in [0.25, 0.3) is 5.91 Å². The molecule has 0 saturated heterocycles. The van der Waals surface area contributed by atoms with E-state index in [1.807, 2.05) is 0 Å². The zero-order chi connectivity index (χ0) is 16.3. The molecule has 22 heavy (non-hydrogen) atoms. The molecule has 1 heterocycles. The van der Waals surface area contributed by atoms with Crippen molar-refractivity contribution < 1.29 is 19.1 Å². The maximum atomic E-state index is 14.1. The fourth-order valence-electron chi connectivity index (χ4n) is 1.96. The van der Waals surface area contributed by atoms with Gasteiger partial charge >= 0.3 is 5.97 Å². The summed E-state index contributed by atoms with van der Waals surface area (Å²) in [6.45, 7) is 2.10. The number of carbonyl (C=O) groups is 2. The summed E-state index contributed by atoms with van der Waals surface area (Å²) in [6, 6.07) is 5.05. The number of pyridine rings is 1. The molecule has 0 fully saturated rings. The number of hydrogen-bond acceptors (Lipinski definition) is 3. The molecule has 0 bridgehead atoms. The van der Waals surface area contributed by atoms with E-state index in [1.54, 1.807) is 6.92 Å². The van der Waals surface area contributed by atoms with E-state index in [2.05, 4.69) is 10.3 Å². The van der Waals surface area contributed by atoms with Gasteiger partial charge in [0, 0.05) is 18.3 Å². The largest absolute Gasteiger partial charge is 0.478 e. The van der Waals surface area contributed by atoms with Crippen LogP contribution in [0.2, 0.25) is 5.15 Å². The molecule has 0 spiro atoms. The third-order valence-corrected chi connectivity index (χ3v) is 3.17. The molecular formula is C15H12ClFN2O3. The van der Waals surface area contributed by atoms with E-state index in [0.29, 0.717) is 12.1 Å². The number of carboxylic acids is 1. The van der Waals surface area contributed by atoms with Gasteiger partial charge in [-0.25, -0.2) is 14.2 Å². The van der Waals surface area contributed by atoms with Crippen molar-refractivity contribution in [2.75, 3.05) is 6.54 Å². The topological polar surface area (TPSA) is 79.3 Å². The average Bonchev–Trinajstić information content (AvgIpc) is 2.47. The Morgan fingerprint density at radius 3 is 2.64 bits per heavy atom. The SMILES string of the molecule is CCNC(=O)c1ccc(-c2cnc(Cl)cc2C(=O)O)cc1F. The normalized spacial score (nSPS) is 10.3. The van der Waals surface area contributed by atoms with Gasteiger partial charge in [0.1, 0.15) is 11.0 Å². The highest BCUT2D eigenvalue weighted by Gasteiger charge is 2.16. The van der Waals surface area contributed by atoms with Crippen molar-refractivity contribution >= 4 is 23.5 Å². The lowest BCUT2D eigenvalue weighted by atomic mass is 10.0. The Balaban J connectivity index is 2.49. The second kappa shape index (κ2) is 6.53. The van der Waals surface area contributed by atoms with Crippen molar-refractivity contribution in [2.24, 2.45) is 0 Å². The summed E-state index contributed by atoms with van der Waals surface area (Å²) in [5.74, 6) is -2.47. The molecule has 1 aromatic heterocycles. The van der Waals surface area contributed by atoms with Crippen molar-refractivity contribution in [3.63, 3.8) is 0 Å². The molecule has 114 valence electrons. The highest BCUT2D eigenvalue weighted by atomic mass is 35.5. The number of carboxylic acid groups (broad SMARTS) is 1. The van der Waals surface area contributed by atoms with Crippen LogP contribution in [0.25, 0.3) is 11.1 Å². The minimum absolute atomic E-state index is 0.0283. The number of nitrogens with one attached hydrogen (secondary N) is 1. The van der Waals surface area contributed by atoms with Crippen molar-refractivity contribution in [1.29, 1.82) is 0 Å². The Labute approximate surface area is 130 Å². The minimum Gasteiger partial charge on any atom is -0.478 e. The number of rotatable bonds is 4. The fraction of sp³-hybridized carbons (Fsp3) is 0.133. The molecule has 1 amide bonds. The van der Waals surface area contributed by atoms with Crippen LogP contribution < -0.4 is 5.32 Å². The summed E-state index contributed by atoms with van der Waals surface area (Å²) in [7, 11) is 0. The Morgan fingerprint density at radius 2 is 2.05 bits per heavy atom. The lowest BCUT2D eigenvalue weighted by Gasteiger charge is -2.09. The number of hydrogen-bond donors (Lipinski definition) is 2. The Morgan fingerprint density at radius 1 is 1.32 bits per heavy atom. The molecule has 0 unspecified atom stereocenters. The van der Waals surface area contributed by atoms with E-state index < -0.39 is 17.7 Å². The van der Waals surface area contributed by atoms with Gasteiger partial charge in [0.05, 0.1) is 11.1 Å². The zero-order valence-corrected chi connectivity index (χ0v) is 12.3. The second-order valence-corrected chi connectivity index (χ2v) is 4.80. The van der Waals surface area contributed by atoms with Crippen molar-refractivity contribution in [3.05, 3.63) is 52.6 Å². The third-order valence-electron chi connectivity index (χ3n) is 2.96. The number of halogens is 2. The summed E-state index contributed by atoms with van der Waals surface area (Å²) >= 11 is 5.68. The standard InChI is InChI=1S/C15H12ClFN2O3/c1-2-18-14(20)9-4-3-8(5-12(9)17)11-7-19-13(16)6-10(11)15(21)22/h3-7H,2H2,1H3,(H,18,20)(H,21,22). The molecule has 0 aliphatic carbocycles.